The van der Waals surface area contributed by atoms with Crippen molar-refractivity contribution in [2.45, 2.75) is 52.2 Å². The van der Waals surface area contributed by atoms with E-state index in [0.717, 1.165) is 32.4 Å². The number of hydrogen-bond acceptors (Lipinski definition) is 3. The molecule has 1 rings (SSSR count). The molecule has 0 radical (unpaired) electrons. The van der Waals surface area contributed by atoms with Crippen LogP contribution < -0.4 is 5.32 Å². The van der Waals surface area contributed by atoms with Crippen molar-refractivity contribution in [3.63, 3.8) is 0 Å². The molecule has 0 amide bonds. The van der Waals surface area contributed by atoms with Crippen molar-refractivity contribution in [1.29, 1.82) is 5.26 Å². The second kappa shape index (κ2) is 5.48. The Balaban J connectivity index is 2.25. The summed E-state index contributed by atoms with van der Waals surface area (Å²) in [5.41, 5.74) is 0.198. The van der Waals surface area contributed by atoms with E-state index >= 15 is 0 Å². The van der Waals surface area contributed by atoms with Gasteiger partial charge >= 0.3 is 0 Å². The van der Waals surface area contributed by atoms with E-state index in [1.54, 1.807) is 0 Å². The first-order valence-electron chi connectivity index (χ1n) is 5.76. The molecule has 1 heterocycles. The SMILES string of the molecule is CC(C)(C)CC(C#N)NCC1CCCO1. The predicted molar refractivity (Wildman–Crippen MR) is 60.4 cm³/mol. The summed E-state index contributed by atoms with van der Waals surface area (Å²) >= 11 is 0. The third-order valence-electron chi connectivity index (χ3n) is 2.59. The normalized spacial score (nSPS) is 23.7. The number of hydrogen-bond donors (Lipinski definition) is 1. The molecule has 1 aliphatic heterocycles. The first-order chi connectivity index (χ1) is 7.01. The van der Waals surface area contributed by atoms with Crippen LogP contribution >= 0.6 is 0 Å². The lowest BCUT2D eigenvalue weighted by Gasteiger charge is -2.23. The van der Waals surface area contributed by atoms with E-state index in [0.29, 0.717) is 6.10 Å². The number of nitrogens with one attached hydrogen (secondary N) is 1. The molecule has 3 heteroatoms. The fraction of sp³-hybridized carbons (Fsp3) is 0.917. The van der Waals surface area contributed by atoms with E-state index in [-0.39, 0.29) is 11.5 Å². The lowest BCUT2D eigenvalue weighted by atomic mass is 9.88. The Morgan fingerprint density at radius 1 is 1.53 bits per heavy atom. The van der Waals surface area contributed by atoms with Gasteiger partial charge in [-0.05, 0) is 24.7 Å². The largest absolute Gasteiger partial charge is 0.377 e. The van der Waals surface area contributed by atoms with Crippen LogP contribution in [-0.4, -0.2) is 25.3 Å². The van der Waals surface area contributed by atoms with E-state index in [4.69, 9.17) is 10.00 Å². The minimum Gasteiger partial charge on any atom is -0.377 e. The highest BCUT2D eigenvalue weighted by Crippen LogP contribution is 2.20. The van der Waals surface area contributed by atoms with Crippen molar-refractivity contribution in [2.24, 2.45) is 5.41 Å². The van der Waals surface area contributed by atoms with Gasteiger partial charge in [0.05, 0.1) is 18.2 Å². The Morgan fingerprint density at radius 3 is 2.73 bits per heavy atom. The molecule has 0 aromatic heterocycles. The molecule has 0 bridgehead atoms. The fourth-order valence-electron chi connectivity index (χ4n) is 1.85. The van der Waals surface area contributed by atoms with Crippen LogP contribution in [0.2, 0.25) is 0 Å². The van der Waals surface area contributed by atoms with Crippen LogP contribution in [0.4, 0.5) is 0 Å². The van der Waals surface area contributed by atoms with E-state index in [2.05, 4.69) is 32.2 Å². The van der Waals surface area contributed by atoms with Gasteiger partial charge in [-0.25, -0.2) is 0 Å². The lowest BCUT2D eigenvalue weighted by molar-refractivity contribution is 0.107. The molecule has 0 aromatic carbocycles. The summed E-state index contributed by atoms with van der Waals surface area (Å²) in [7, 11) is 0. The standard InChI is InChI=1S/C12H22N2O/c1-12(2,3)7-10(8-13)14-9-11-5-4-6-15-11/h10-11,14H,4-7,9H2,1-3H3. The second-order valence-corrected chi connectivity index (χ2v) is 5.49. The van der Waals surface area contributed by atoms with Gasteiger partial charge in [-0.3, -0.25) is 5.32 Å². The molecule has 1 fully saturated rings. The summed E-state index contributed by atoms with van der Waals surface area (Å²) in [5, 5.41) is 12.3. The van der Waals surface area contributed by atoms with Crippen LogP contribution in [-0.2, 0) is 4.74 Å². The van der Waals surface area contributed by atoms with Crippen molar-refractivity contribution in [1.82, 2.24) is 5.32 Å². The molecular weight excluding hydrogens is 188 g/mol. The van der Waals surface area contributed by atoms with E-state index in [1.165, 1.54) is 0 Å². The highest BCUT2D eigenvalue weighted by atomic mass is 16.5. The van der Waals surface area contributed by atoms with Gasteiger partial charge in [0.1, 0.15) is 0 Å². The summed E-state index contributed by atoms with van der Waals surface area (Å²) < 4.78 is 5.51. The van der Waals surface area contributed by atoms with Gasteiger partial charge in [-0.1, -0.05) is 20.8 Å². The Kier molecular flexibility index (Phi) is 4.56. The van der Waals surface area contributed by atoms with Crippen molar-refractivity contribution in [2.75, 3.05) is 13.2 Å². The monoisotopic (exact) mass is 210 g/mol. The molecule has 3 nitrogen and oxygen atoms in total. The third kappa shape index (κ3) is 5.15. The quantitative estimate of drug-likeness (QED) is 0.772. The van der Waals surface area contributed by atoms with Crippen molar-refractivity contribution < 1.29 is 4.74 Å². The lowest BCUT2D eigenvalue weighted by Crippen LogP contribution is -2.36. The van der Waals surface area contributed by atoms with E-state index in [1.807, 2.05) is 0 Å². The Hall–Kier alpha value is -0.590. The van der Waals surface area contributed by atoms with Gasteiger partial charge in [0.25, 0.3) is 0 Å². The molecule has 1 saturated heterocycles. The first kappa shape index (κ1) is 12.5. The third-order valence-corrected chi connectivity index (χ3v) is 2.59. The number of nitriles is 1. The van der Waals surface area contributed by atoms with Crippen LogP contribution in [0.25, 0.3) is 0 Å². The number of rotatable bonds is 4. The second-order valence-electron chi connectivity index (χ2n) is 5.49. The van der Waals surface area contributed by atoms with Crippen LogP contribution in [0.15, 0.2) is 0 Å². The molecule has 0 aliphatic carbocycles. The average molecular weight is 210 g/mol. The summed E-state index contributed by atoms with van der Waals surface area (Å²) in [5.74, 6) is 0. The van der Waals surface area contributed by atoms with E-state index in [9.17, 15) is 0 Å². The summed E-state index contributed by atoms with van der Waals surface area (Å²) in [6, 6.07) is 2.27. The Morgan fingerprint density at radius 2 is 2.27 bits per heavy atom. The smallest absolute Gasteiger partial charge is 0.0958 e. The zero-order valence-electron chi connectivity index (χ0n) is 10.0. The van der Waals surface area contributed by atoms with Gasteiger partial charge in [0.15, 0.2) is 0 Å². The van der Waals surface area contributed by atoms with Gasteiger partial charge in [0.2, 0.25) is 0 Å². The van der Waals surface area contributed by atoms with Gasteiger partial charge in [-0.2, -0.15) is 5.26 Å². The number of nitrogens with zero attached hydrogens (tertiary/aromatic N) is 1. The van der Waals surface area contributed by atoms with Crippen LogP contribution in [0, 0.1) is 16.7 Å². The number of ether oxygens (including phenoxy) is 1. The zero-order chi connectivity index (χ0) is 11.3. The molecule has 15 heavy (non-hydrogen) atoms. The van der Waals surface area contributed by atoms with Crippen LogP contribution in [0.5, 0.6) is 0 Å². The maximum atomic E-state index is 9.01. The summed E-state index contributed by atoms with van der Waals surface area (Å²) in [6.45, 7) is 8.17. The molecule has 1 aliphatic rings. The Bertz CT molecular complexity index is 221. The molecule has 0 spiro atoms. The summed E-state index contributed by atoms with van der Waals surface area (Å²) in [4.78, 5) is 0. The molecule has 86 valence electrons. The van der Waals surface area contributed by atoms with Gasteiger partial charge < -0.3 is 4.74 Å². The zero-order valence-corrected chi connectivity index (χ0v) is 10.0. The fourth-order valence-corrected chi connectivity index (χ4v) is 1.85. The molecule has 2 unspecified atom stereocenters. The first-order valence-corrected chi connectivity index (χ1v) is 5.76. The Labute approximate surface area is 92.8 Å². The molecule has 2 atom stereocenters. The van der Waals surface area contributed by atoms with Gasteiger partial charge in [-0.15, -0.1) is 0 Å². The van der Waals surface area contributed by atoms with Crippen molar-refractivity contribution in [3.05, 3.63) is 0 Å². The summed E-state index contributed by atoms with van der Waals surface area (Å²) in [6.07, 6.45) is 3.49. The maximum Gasteiger partial charge on any atom is 0.0958 e. The predicted octanol–water partition coefficient (Wildman–Crippen LogP) is 2.08. The molecule has 1 N–H and O–H groups in total. The minimum atomic E-state index is -0.0470. The van der Waals surface area contributed by atoms with Crippen LogP contribution in [0.1, 0.15) is 40.0 Å². The maximum absolute atomic E-state index is 9.01. The highest BCUT2D eigenvalue weighted by molar-refractivity contribution is 4.93. The molecule has 0 aromatic rings. The topological polar surface area (TPSA) is 45.0 Å². The average Bonchev–Trinajstić information content (AvgIpc) is 2.62. The molecule has 0 saturated carbocycles. The highest BCUT2D eigenvalue weighted by Gasteiger charge is 2.21. The van der Waals surface area contributed by atoms with E-state index < -0.39 is 0 Å². The van der Waals surface area contributed by atoms with Crippen molar-refractivity contribution >= 4 is 0 Å². The minimum absolute atomic E-state index is 0.0470. The van der Waals surface area contributed by atoms with Crippen LogP contribution in [0.3, 0.4) is 0 Å². The van der Waals surface area contributed by atoms with Gasteiger partial charge in [0, 0.05) is 13.2 Å². The molecular formula is C12H22N2O. The van der Waals surface area contributed by atoms with Crippen molar-refractivity contribution in [3.8, 4) is 6.07 Å².